The van der Waals surface area contributed by atoms with Gasteiger partial charge in [0.1, 0.15) is 0 Å². The Morgan fingerprint density at radius 3 is 2.86 bits per heavy atom. The quantitative estimate of drug-likeness (QED) is 0.400. The molecule has 0 saturated carbocycles. The van der Waals surface area contributed by atoms with Crippen molar-refractivity contribution in [3.63, 3.8) is 0 Å². The Morgan fingerprint density at radius 1 is 1.17 bits per heavy atom. The molecular weight excluding hydrogens is 398 g/mol. The molecule has 1 aromatic carbocycles. The third-order valence-corrected chi connectivity index (χ3v) is 7.07. The zero-order valence-corrected chi connectivity index (χ0v) is 18.0. The summed E-state index contributed by atoms with van der Waals surface area (Å²) >= 11 is 8.10. The molecule has 148 valence electrons. The van der Waals surface area contributed by atoms with Gasteiger partial charge in [0.05, 0.1) is 0 Å². The Kier molecular flexibility index (Phi) is 5.17. The van der Waals surface area contributed by atoms with Crippen molar-refractivity contribution in [2.45, 2.75) is 25.8 Å². The van der Waals surface area contributed by atoms with Gasteiger partial charge in [-0.1, -0.05) is 11.6 Å². The van der Waals surface area contributed by atoms with E-state index in [0.717, 1.165) is 29.2 Å². The standard InChI is InChI=1S/C24H24ClN3S/c1-16(17-3-2-7-26-11-17)28-14-23(22-10-21(25)4-5-24(22)28)20-9-19(12-27-13-20)18-6-8-29-15-18/h4-6,8-10,12-17,26H,2-3,7,11H2,1H3. The molecule has 0 spiro atoms. The fourth-order valence-corrected chi connectivity index (χ4v) is 5.32. The van der Waals surface area contributed by atoms with Gasteiger partial charge in [-0.25, -0.2) is 0 Å². The molecule has 4 heterocycles. The van der Waals surface area contributed by atoms with E-state index >= 15 is 0 Å². The molecule has 1 aliphatic heterocycles. The Bertz CT molecular complexity index is 1130. The van der Waals surface area contributed by atoms with E-state index in [1.807, 2.05) is 18.5 Å². The largest absolute Gasteiger partial charge is 0.344 e. The highest BCUT2D eigenvalue weighted by atomic mass is 35.5. The number of fused-ring (bicyclic) bond motifs is 1. The van der Waals surface area contributed by atoms with E-state index in [4.69, 9.17) is 11.6 Å². The number of aromatic nitrogens is 2. The number of piperidine rings is 1. The lowest BCUT2D eigenvalue weighted by Crippen LogP contribution is -2.34. The Balaban J connectivity index is 1.63. The van der Waals surface area contributed by atoms with Crippen LogP contribution in [0.5, 0.6) is 0 Å². The molecule has 1 N–H and O–H groups in total. The van der Waals surface area contributed by atoms with Gasteiger partial charge in [-0.15, -0.1) is 0 Å². The maximum atomic E-state index is 6.39. The lowest BCUT2D eigenvalue weighted by molar-refractivity contribution is 0.284. The summed E-state index contributed by atoms with van der Waals surface area (Å²) in [5.74, 6) is 0.637. The summed E-state index contributed by atoms with van der Waals surface area (Å²) in [7, 11) is 0. The lowest BCUT2D eigenvalue weighted by atomic mass is 9.92. The molecule has 1 aliphatic rings. The van der Waals surface area contributed by atoms with Crippen LogP contribution < -0.4 is 5.32 Å². The second-order valence-electron chi connectivity index (χ2n) is 7.93. The first-order valence-corrected chi connectivity index (χ1v) is 11.5. The minimum atomic E-state index is 0.424. The number of halogens is 1. The van der Waals surface area contributed by atoms with Gasteiger partial charge in [0.2, 0.25) is 0 Å². The molecule has 0 bridgehead atoms. The number of benzene rings is 1. The molecule has 0 radical (unpaired) electrons. The van der Waals surface area contributed by atoms with Crippen LogP contribution in [0.3, 0.4) is 0 Å². The maximum Gasteiger partial charge on any atom is 0.0490 e. The second-order valence-corrected chi connectivity index (χ2v) is 9.15. The number of hydrogen-bond acceptors (Lipinski definition) is 3. The Morgan fingerprint density at radius 2 is 2.07 bits per heavy atom. The van der Waals surface area contributed by atoms with Crippen LogP contribution >= 0.6 is 22.9 Å². The predicted octanol–water partition coefficient (Wildman–Crippen LogP) is 6.65. The zero-order chi connectivity index (χ0) is 19.8. The van der Waals surface area contributed by atoms with Crippen LogP contribution in [0.4, 0.5) is 0 Å². The Hall–Kier alpha value is -2.14. The van der Waals surface area contributed by atoms with Crippen LogP contribution in [0.1, 0.15) is 25.8 Å². The van der Waals surface area contributed by atoms with Crippen LogP contribution in [-0.2, 0) is 0 Å². The van der Waals surface area contributed by atoms with Gasteiger partial charge in [-0.3, -0.25) is 4.98 Å². The minimum Gasteiger partial charge on any atom is -0.344 e. The molecule has 3 nitrogen and oxygen atoms in total. The average molecular weight is 422 g/mol. The van der Waals surface area contributed by atoms with Crippen LogP contribution in [0, 0.1) is 5.92 Å². The predicted molar refractivity (Wildman–Crippen MR) is 124 cm³/mol. The fraction of sp³-hybridized carbons (Fsp3) is 0.292. The summed E-state index contributed by atoms with van der Waals surface area (Å²) in [5, 5.41) is 9.79. The molecule has 1 fully saturated rings. The van der Waals surface area contributed by atoms with Crippen LogP contribution in [0.15, 0.2) is 59.7 Å². The molecule has 2 unspecified atom stereocenters. The van der Waals surface area contributed by atoms with Crippen LogP contribution in [-0.4, -0.2) is 22.6 Å². The van der Waals surface area contributed by atoms with Crippen molar-refractivity contribution in [1.82, 2.24) is 14.9 Å². The summed E-state index contributed by atoms with van der Waals surface area (Å²) in [5.41, 5.74) is 5.93. The number of hydrogen-bond donors (Lipinski definition) is 1. The maximum absolute atomic E-state index is 6.39. The van der Waals surface area contributed by atoms with E-state index in [0.29, 0.717) is 12.0 Å². The van der Waals surface area contributed by atoms with Gasteiger partial charge in [0.15, 0.2) is 0 Å². The van der Waals surface area contributed by atoms with Crippen molar-refractivity contribution in [3.8, 4) is 22.3 Å². The number of nitrogens with one attached hydrogen (secondary N) is 1. The second kappa shape index (κ2) is 7.94. The summed E-state index contributed by atoms with van der Waals surface area (Å²) in [6, 6.07) is 11.0. The van der Waals surface area contributed by atoms with Gasteiger partial charge in [0, 0.05) is 57.2 Å². The summed E-state index contributed by atoms with van der Waals surface area (Å²) in [4.78, 5) is 4.54. The first-order valence-electron chi connectivity index (χ1n) is 10.2. The Labute approximate surface area is 180 Å². The van der Waals surface area contributed by atoms with Gasteiger partial charge in [-0.2, -0.15) is 11.3 Å². The van der Waals surface area contributed by atoms with E-state index < -0.39 is 0 Å². The van der Waals surface area contributed by atoms with Crippen molar-refractivity contribution in [2.24, 2.45) is 5.92 Å². The number of nitrogens with zero attached hydrogens (tertiary/aromatic N) is 2. The summed E-state index contributed by atoms with van der Waals surface area (Å²) in [6.07, 6.45) is 8.72. The van der Waals surface area contributed by atoms with Gasteiger partial charge in [0.25, 0.3) is 0 Å². The van der Waals surface area contributed by atoms with Gasteiger partial charge < -0.3 is 9.88 Å². The summed E-state index contributed by atoms with van der Waals surface area (Å²) < 4.78 is 2.44. The third-order valence-electron chi connectivity index (χ3n) is 6.15. The molecule has 5 heteroatoms. The number of rotatable bonds is 4. The number of thiophene rings is 1. The van der Waals surface area contributed by atoms with E-state index in [2.05, 4.69) is 63.0 Å². The molecule has 4 aromatic rings. The molecule has 2 atom stereocenters. The minimum absolute atomic E-state index is 0.424. The topological polar surface area (TPSA) is 29.9 Å². The number of pyridine rings is 1. The van der Waals surface area contributed by atoms with Crippen molar-refractivity contribution in [1.29, 1.82) is 0 Å². The SMILES string of the molecule is CC(C1CCCNC1)n1cc(-c2cncc(-c3ccsc3)c2)c2cc(Cl)ccc21. The van der Waals surface area contributed by atoms with Crippen molar-refractivity contribution in [2.75, 3.05) is 13.1 Å². The van der Waals surface area contributed by atoms with Crippen molar-refractivity contribution in [3.05, 3.63) is 64.7 Å². The van der Waals surface area contributed by atoms with E-state index in [-0.39, 0.29) is 0 Å². The molecule has 0 aliphatic carbocycles. The first-order chi connectivity index (χ1) is 14.2. The van der Waals surface area contributed by atoms with E-state index in [1.54, 1.807) is 11.3 Å². The molecular formula is C24H24ClN3S. The van der Waals surface area contributed by atoms with Crippen molar-refractivity contribution >= 4 is 33.8 Å². The summed E-state index contributed by atoms with van der Waals surface area (Å²) in [6.45, 7) is 4.56. The van der Waals surface area contributed by atoms with E-state index in [1.165, 1.54) is 34.9 Å². The molecule has 1 saturated heterocycles. The average Bonchev–Trinajstić information content (AvgIpc) is 3.42. The van der Waals surface area contributed by atoms with Crippen molar-refractivity contribution < 1.29 is 0 Å². The van der Waals surface area contributed by atoms with E-state index in [9.17, 15) is 0 Å². The fourth-order valence-electron chi connectivity index (χ4n) is 4.49. The monoisotopic (exact) mass is 421 g/mol. The normalized spacial score (nSPS) is 18.2. The zero-order valence-electron chi connectivity index (χ0n) is 16.4. The van der Waals surface area contributed by atoms with Gasteiger partial charge in [-0.05, 0) is 85.4 Å². The van der Waals surface area contributed by atoms with Crippen LogP contribution in [0.25, 0.3) is 33.2 Å². The lowest BCUT2D eigenvalue weighted by Gasteiger charge is -2.30. The van der Waals surface area contributed by atoms with Crippen LogP contribution in [0.2, 0.25) is 5.02 Å². The highest BCUT2D eigenvalue weighted by molar-refractivity contribution is 7.08. The van der Waals surface area contributed by atoms with Gasteiger partial charge >= 0.3 is 0 Å². The highest BCUT2D eigenvalue weighted by Crippen LogP contribution is 2.37. The molecule has 29 heavy (non-hydrogen) atoms. The molecule has 0 amide bonds. The third kappa shape index (κ3) is 3.61. The highest BCUT2D eigenvalue weighted by Gasteiger charge is 2.23. The molecule has 5 rings (SSSR count). The first kappa shape index (κ1) is 18.9. The molecule has 3 aromatic heterocycles. The smallest absolute Gasteiger partial charge is 0.0490 e.